The van der Waals surface area contributed by atoms with Crippen molar-refractivity contribution in [3.05, 3.63) is 53.9 Å². The number of nitrogens with zero attached hydrogens (tertiary/aromatic N) is 2. The molecule has 0 bridgehead atoms. The second-order valence-corrected chi connectivity index (χ2v) is 5.57. The Morgan fingerprint density at radius 1 is 1.25 bits per heavy atom. The van der Waals surface area contributed by atoms with E-state index in [0.717, 1.165) is 0 Å². The third kappa shape index (κ3) is 5.00. The molecule has 2 atom stereocenters. The van der Waals surface area contributed by atoms with Crippen molar-refractivity contribution in [2.24, 2.45) is 7.05 Å². The highest BCUT2D eigenvalue weighted by molar-refractivity contribution is 5.74. The lowest BCUT2D eigenvalue weighted by Crippen LogP contribution is -2.50. The smallest absolute Gasteiger partial charge is 0.332 e. The van der Waals surface area contributed by atoms with E-state index in [0.29, 0.717) is 11.1 Å². The van der Waals surface area contributed by atoms with Gasteiger partial charge in [0.25, 0.3) is 0 Å². The Morgan fingerprint density at radius 2 is 1.92 bits per heavy atom. The predicted octanol–water partition coefficient (Wildman–Crippen LogP) is 2.95. The molecule has 0 saturated heterocycles. The minimum Gasteiger partial charge on any atom is -0.332 e. The summed E-state index contributed by atoms with van der Waals surface area (Å²) in [6.07, 6.45) is -1.62. The summed E-state index contributed by atoms with van der Waals surface area (Å²) in [6, 6.07) is 4.95. The van der Waals surface area contributed by atoms with Gasteiger partial charge >= 0.3 is 12.2 Å². The number of amides is 2. The maximum Gasteiger partial charge on any atom is 0.408 e. The van der Waals surface area contributed by atoms with Gasteiger partial charge in [-0.05, 0) is 12.5 Å². The standard InChI is InChI=1S/C16H19F3N4O/c1-11(13-9-20-23(2)10-13)21-15(24)22-14(16(17,18)19)8-12-6-4-3-5-7-12/h3-7,9-11,14H,8H2,1-2H3,(H2,21,22,24)/t11-,14-/m1/s1. The number of nitrogens with one attached hydrogen (secondary N) is 2. The third-order valence-electron chi connectivity index (χ3n) is 3.56. The van der Waals surface area contributed by atoms with Crippen LogP contribution in [0.1, 0.15) is 24.1 Å². The molecule has 1 aromatic heterocycles. The van der Waals surface area contributed by atoms with Crippen molar-refractivity contribution >= 4 is 6.03 Å². The zero-order valence-corrected chi connectivity index (χ0v) is 13.3. The fourth-order valence-corrected chi connectivity index (χ4v) is 2.24. The number of aromatic nitrogens is 2. The molecule has 130 valence electrons. The van der Waals surface area contributed by atoms with Crippen LogP contribution in [-0.2, 0) is 13.5 Å². The minimum atomic E-state index is -4.54. The number of alkyl halides is 3. The summed E-state index contributed by atoms with van der Waals surface area (Å²) in [5.74, 6) is 0. The van der Waals surface area contributed by atoms with E-state index < -0.39 is 24.3 Å². The molecular weight excluding hydrogens is 321 g/mol. The van der Waals surface area contributed by atoms with Crippen LogP contribution in [0.25, 0.3) is 0 Å². The largest absolute Gasteiger partial charge is 0.408 e. The number of hydrogen-bond donors (Lipinski definition) is 2. The van der Waals surface area contributed by atoms with Crippen molar-refractivity contribution in [2.45, 2.75) is 31.6 Å². The van der Waals surface area contributed by atoms with Gasteiger partial charge < -0.3 is 10.6 Å². The van der Waals surface area contributed by atoms with E-state index in [1.54, 1.807) is 61.4 Å². The Bertz CT molecular complexity index is 669. The average Bonchev–Trinajstić information content (AvgIpc) is 2.93. The highest BCUT2D eigenvalue weighted by Crippen LogP contribution is 2.23. The number of urea groups is 1. The summed E-state index contributed by atoms with van der Waals surface area (Å²) in [6.45, 7) is 1.68. The lowest BCUT2D eigenvalue weighted by molar-refractivity contribution is -0.152. The Balaban J connectivity index is 1.99. The van der Waals surface area contributed by atoms with Crippen molar-refractivity contribution in [3.63, 3.8) is 0 Å². The summed E-state index contributed by atoms with van der Waals surface area (Å²) in [7, 11) is 1.72. The van der Waals surface area contributed by atoms with Crippen molar-refractivity contribution in [3.8, 4) is 0 Å². The maximum absolute atomic E-state index is 13.2. The lowest BCUT2D eigenvalue weighted by Gasteiger charge is -2.23. The van der Waals surface area contributed by atoms with Crippen LogP contribution in [0.5, 0.6) is 0 Å². The molecule has 0 radical (unpaired) electrons. The third-order valence-corrected chi connectivity index (χ3v) is 3.56. The first-order chi connectivity index (χ1) is 11.3. The van der Waals surface area contributed by atoms with Gasteiger partial charge in [0.15, 0.2) is 0 Å². The van der Waals surface area contributed by atoms with Crippen LogP contribution in [-0.4, -0.2) is 28.0 Å². The second-order valence-electron chi connectivity index (χ2n) is 5.57. The van der Waals surface area contributed by atoms with Gasteiger partial charge in [-0.1, -0.05) is 30.3 Å². The molecule has 1 heterocycles. The highest BCUT2D eigenvalue weighted by Gasteiger charge is 2.40. The number of aryl methyl sites for hydroxylation is 1. The Labute approximate surface area is 137 Å². The molecule has 8 heteroatoms. The number of carbonyl (C=O) groups excluding carboxylic acids is 1. The van der Waals surface area contributed by atoms with Crippen LogP contribution in [0.3, 0.4) is 0 Å². The molecule has 0 fully saturated rings. The van der Waals surface area contributed by atoms with Crippen molar-refractivity contribution in [1.82, 2.24) is 20.4 Å². The number of benzene rings is 1. The molecular formula is C16H19F3N4O. The highest BCUT2D eigenvalue weighted by atomic mass is 19.4. The Morgan fingerprint density at radius 3 is 2.46 bits per heavy atom. The first-order valence-corrected chi connectivity index (χ1v) is 7.42. The van der Waals surface area contributed by atoms with Crippen LogP contribution in [0.4, 0.5) is 18.0 Å². The van der Waals surface area contributed by atoms with Gasteiger partial charge in [0.1, 0.15) is 6.04 Å². The van der Waals surface area contributed by atoms with E-state index in [4.69, 9.17) is 0 Å². The van der Waals surface area contributed by atoms with Crippen molar-refractivity contribution < 1.29 is 18.0 Å². The van der Waals surface area contributed by atoms with Crippen LogP contribution in [0, 0.1) is 0 Å². The molecule has 0 unspecified atom stereocenters. The van der Waals surface area contributed by atoms with Gasteiger partial charge in [-0.25, -0.2) is 4.79 Å². The van der Waals surface area contributed by atoms with E-state index >= 15 is 0 Å². The summed E-state index contributed by atoms with van der Waals surface area (Å²) >= 11 is 0. The van der Waals surface area contributed by atoms with Gasteiger partial charge in [-0.3, -0.25) is 4.68 Å². The van der Waals surface area contributed by atoms with Crippen LogP contribution < -0.4 is 10.6 Å². The minimum absolute atomic E-state index is 0.320. The Hall–Kier alpha value is -2.51. The molecule has 5 nitrogen and oxygen atoms in total. The molecule has 2 N–H and O–H groups in total. The van der Waals surface area contributed by atoms with Crippen LogP contribution >= 0.6 is 0 Å². The van der Waals surface area contributed by atoms with Gasteiger partial charge in [-0.15, -0.1) is 0 Å². The normalized spacial score (nSPS) is 14.0. The first kappa shape index (κ1) is 17.8. The quantitative estimate of drug-likeness (QED) is 0.879. The topological polar surface area (TPSA) is 59.0 Å². The molecule has 0 spiro atoms. The zero-order chi connectivity index (χ0) is 17.7. The lowest BCUT2D eigenvalue weighted by atomic mass is 10.1. The number of carbonyl (C=O) groups is 1. The van der Waals surface area contributed by atoms with E-state index in [-0.39, 0.29) is 6.42 Å². The molecule has 0 aliphatic heterocycles. The van der Waals surface area contributed by atoms with Crippen molar-refractivity contribution in [2.75, 3.05) is 0 Å². The van der Waals surface area contributed by atoms with Crippen LogP contribution in [0.2, 0.25) is 0 Å². The SMILES string of the molecule is C[C@@H](NC(=O)N[C@H](Cc1ccccc1)C(F)(F)F)c1cnn(C)c1. The summed E-state index contributed by atoms with van der Waals surface area (Å²) in [4.78, 5) is 11.9. The average molecular weight is 340 g/mol. The maximum atomic E-state index is 13.2. The number of rotatable bonds is 5. The summed E-state index contributed by atoms with van der Waals surface area (Å²) in [5, 5.41) is 8.47. The molecule has 2 rings (SSSR count). The van der Waals surface area contributed by atoms with Gasteiger partial charge in [0, 0.05) is 25.2 Å². The molecule has 0 saturated carbocycles. The molecule has 24 heavy (non-hydrogen) atoms. The summed E-state index contributed by atoms with van der Waals surface area (Å²) < 4.78 is 41.1. The number of hydrogen-bond acceptors (Lipinski definition) is 2. The van der Waals surface area contributed by atoms with Crippen molar-refractivity contribution in [1.29, 1.82) is 0 Å². The monoisotopic (exact) mass is 340 g/mol. The van der Waals surface area contributed by atoms with E-state index in [2.05, 4.69) is 10.4 Å². The molecule has 2 amide bonds. The van der Waals surface area contributed by atoms with E-state index in [1.807, 2.05) is 5.32 Å². The molecule has 0 aliphatic rings. The predicted molar refractivity (Wildman–Crippen MR) is 83.3 cm³/mol. The van der Waals surface area contributed by atoms with E-state index in [9.17, 15) is 18.0 Å². The van der Waals surface area contributed by atoms with Crippen LogP contribution in [0.15, 0.2) is 42.7 Å². The second kappa shape index (κ2) is 7.37. The first-order valence-electron chi connectivity index (χ1n) is 7.42. The molecule has 0 aliphatic carbocycles. The molecule has 2 aromatic rings. The molecule has 1 aromatic carbocycles. The van der Waals surface area contributed by atoms with E-state index in [1.165, 1.54) is 0 Å². The number of halogens is 3. The zero-order valence-electron chi connectivity index (χ0n) is 13.3. The van der Waals surface area contributed by atoms with Gasteiger partial charge in [-0.2, -0.15) is 18.3 Å². The summed E-state index contributed by atoms with van der Waals surface area (Å²) in [5.41, 5.74) is 1.21. The Kier molecular flexibility index (Phi) is 5.48. The van der Waals surface area contributed by atoms with Gasteiger partial charge in [0.2, 0.25) is 0 Å². The fourth-order valence-electron chi connectivity index (χ4n) is 2.24. The van der Waals surface area contributed by atoms with Gasteiger partial charge in [0.05, 0.1) is 12.2 Å². The fraction of sp³-hybridized carbons (Fsp3) is 0.375.